The molecule has 0 fully saturated rings. The van der Waals surface area contributed by atoms with Crippen LogP contribution in [0.2, 0.25) is 0 Å². The molecule has 2 aromatic rings. The van der Waals surface area contributed by atoms with Crippen molar-refractivity contribution in [2.24, 2.45) is 5.10 Å². The smallest absolute Gasteiger partial charge is 0.448 e. The van der Waals surface area contributed by atoms with Gasteiger partial charge in [-0.05, 0) is 39.1 Å². The van der Waals surface area contributed by atoms with Crippen LogP contribution in [0.25, 0.3) is 10.8 Å². The molecule has 2 rings (SSSR count). The van der Waals surface area contributed by atoms with Crippen molar-refractivity contribution in [3.8, 4) is 5.75 Å². The summed E-state index contributed by atoms with van der Waals surface area (Å²) in [4.78, 5) is 0. The predicted molar refractivity (Wildman–Crippen MR) is 96.4 cm³/mol. The lowest BCUT2D eigenvalue weighted by Crippen LogP contribution is -2.16. The summed E-state index contributed by atoms with van der Waals surface area (Å²) in [7, 11) is -3.56. The first-order valence-corrected chi connectivity index (χ1v) is 9.33. The molecule has 0 heterocycles. The maximum Gasteiger partial charge on any atom is 0.448 e. The van der Waals surface area contributed by atoms with E-state index >= 15 is 0 Å². The molecule has 6 nitrogen and oxygen atoms in total. The van der Waals surface area contributed by atoms with E-state index in [9.17, 15) is 9.67 Å². The molecule has 0 aliphatic carbocycles. The van der Waals surface area contributed by atoms with Crippen molar-refractivity contribution >= 4 is 24.7 Å². The fraction of sp³-hybridized carbons (Fsp3) is 0.353. The third-order valence-electron chi connectivity index (χ3n) is 3.01. The lowest BCUT2D eigenvalue weighted by Gasteiger charge is -2.21. The molecule has 0 unspecified atom stereocenters. The normalized spacial score (nSPS) is 12.6. The van der Waals surface area contributed by atoms with Crippen molar-refractivity contribution in [2.75, 3.05) is 0 Å². The van der Waals surface area contributed by atoms with Gasteiger partial charge < -0.3 is 5.11 Å². The highest BCUT2D eigenvalue weighted by atomic mass is 31.2. The Balaban J connectivity index is 2.20. The van der Waals surface area contributed by atoms with E-state index in [2.05, 4.69) is 10.3 Å². The first-order chi connectivity index (χ1) is 11.3. The molecule has 0 amide bonds. The van der Waals surface area contributed by atoms with Crippen LogP contribution in [0.3, 0.4) is 0 Å². The molecule has 0 bridgehead atoms. The van der Waals surface area contributed by atoms with Gasteiger partial charge in [0.25, 0.3) is 0 Å². The molecule has 0 aromatic heterocycles. The van der Waals surface area contributed by atoms with Crippen molar-refractivity contribution in [3.05, 3.63) is 42.0 Å². The lowest BCUT2D eigenvalue weighted by atomic mass is 10.1. The highest BCUT2D eigenvalue weighted by Gasteiger charge is 2.27. The molecular weight excluding hydrogens is 327 g/mol. The van der Waals surface area contributed by atoms with Gasteiger partial charge in [0, 0.05) is 10.9 Å². The quantitative estimate of drug-likeness (QED) is 0.439. The number of nitrogens with one attached hydrogen (secondary N) is 1. The van der Waals surface area contributed by atoms with Gasteiger partial charge in [-0.15, -0.1) is 0 Å². The molecule has 2 N–H and O–H groups in total. The van der Waals surface area contributed by atoms with Crippen LogP contribution in [0.4, 0.5) is 0 Å². The van der Waals surface area contributed by atoms with Crippen molar-refractivity contribution in [3.63, 3.8) is 0 Å². The second kappa shape index (κ2) is 7.79. The number of aromatic hydroxyl groups is 1. The number of hydrogen-bond donors (Lipinski definition) is 2. The van der Waals surface area contributed by atoms with Gasteiger partial charge in [0.05, 0.1) is 18.4 Å². The second-order valence-corrected chi connectivity index (χ2v) is 7.51. The first-order valence-electron chi connectivity index (χ1n) is 7.78. The molecule has 0 aliphatic rings. The molecule has 2 aromatic carbocycles. The molecule has 0 atom stereocenters. The number of hydrazone groups is 1. The molecule has 130 valence electrons. The van der Waals surface area contributed by atoms with E-state index < -0.39 is 7.75 Å². The maximum absolute atomic E-state index is 12.6. The van der Waals surface area contributed by atoms with Crippen LogP contribution < -0.4 is 5.20 Å². The van der Waals surface area contributed by atoms with Gasteiger partial charge in [-0.3, -0.25) is 9.05 Å². The minimum absolute atomic E-state index is 0.114. The summed E-state index contributed by atoms with van der Waals surface area (Å²) in [6.07, 6.45) is 0.819. The minimum atomic E-state index is -3.56. The number of phenols is 1. The summed E-state index contributed by atoms with van der Waals surface area (Å²) < 4.78 is 23.3. The Kier molecular flexibility index (Phi) is 5.99. The Labute approximate surface area is 142 Å². The predicted octanol–water partition coefficient (Wildman–Crippen LogP) is 4.43. The Morgan fingerprint density at radius 2 is 1.71 bits per heavy atom. The van der Waals surface area contributed by atoms with Crippen LogP contribution in [-0.4, -0.2) is 23.5 Å². The average Bonchev–Trinajstić information content (AvgIpc) is 2.48. The van der Waals surface area contributed by atoms with Crippen molar-refractivity contribution < 1.29 is 18.7 Å². The van der Waals surface area contributed by atoms with Crippen LogP contribution in [0, 0.1) is 0 Å². The van der Waals surface area contributed by atoms with Gasteiger partial charge in [0.1, 0.15) is 5.75 Å². The van der Waals surface area contributed by atoms with Gasteiger partial charge >= 0.3 is 7.75 Å². The Morgan fingerprint density at radius 3 is 2.33 bits per heavy atom. The van der Waals surface area contributed by atoms with Gasteiger partial charge in [-0.25, -0.2) is 9.76 Å². The van der Waals surface area contributed by atoms with Crippen LogP contribution >= 0.6 is 7.75 Å². The second-order valence-electron chi connectivity index (χ2n) is 5.89. The number of hydrogen-bond acceptors (Lipinski definition) is 5. The summed E-state index contributed by atoms with van der Waals surface area (Å²) in [5, 5.41) is 18.4. The average molecular weight is 350 g/mol. The van der Waals surface area contributed by atoms with E-state index in [1.165, 1.54) is 6.21 Å². The van der Waals surface area contributed by atoms with E-state index in [1.54, 1.807) is 33.8 Å². The fourth-order valence-corrected chi connectivity index (χ4v) is 3.63. The lowest BCUT2D eigenvalue weighted by molar-refractivity contribution is 0.136. The molecule has 0 saturated carbocycles. The van der Waals surface area contributed by atoms with Crippen LogP contribution in [0.15, 0.2) is 41.5 Å². The molecule has 24 heavy (non-hydrogen) atoms. The van der Waals surface area contributed by atoms with Crippen LogP contribution in [0.5, 0.6) is 5.75 Å². The monoisotopic (exact) mass is 350 g/mol. The van der Waals surface area contributed by atoms with Crippen LogP contribution in [0.1, 0.15) is 33.3 Å². The summed E-state index contributed by atoms with van der Waals surface area (Å²) >= 11 is 0. The topological polar surface area (TPSA) is 80.2 Å². The number of rotatable bonds is 7. The highest BCUT2D eigenvalue weighted by molar-refractivity contribution is 7.51. The summed E-state index contributed by atoms with van der Waals surface area (Å²) in [6.45, 7) is 7.04. The maximum atomic E-state index is 12.6. The van der Waals surface area contributed by atoms with Crippen molar-refractivity contribution in [1.82, 2.24) is 5.20 Å². The first kappa shape index (κ1) is 18.5. The van der Waals surface area contributed by atoms with E-state index in [0.29, 0.717) is 5.56 Å². The number of fused-ring (bicyclic) bond motifs is 1. The molecule has 0 radical (unpaired) electrons. The summed E-state index contributed by atoms with van der Waals surface area (Å²) in [6, 6.07) is 11.1. The SMILES string of the molecule is CC(C)OP(=O)(N/N=C/c1ccc2ccccc2c1O)OC(C)C. The van der Waals surface area contributed by atoms with Gasteiger partial charge in [0.15, 0.2) is 0 Å². The Morgan fingerprint density at radius 1 is 1.08 bits per heavy atom. The molecule has 7 heteroatoms. The van der Waals surface area contributed by atoms with Gasteiger partial charge in [0.2, 0.25) is 0 Å². The molecule has 0 spiro atoms. The Hall–Kier alpha value is -1.88. The standard InChI is InChI=1S/C17H23N2O4P/c1-12(2)22-24(21,23-13(3)4)19-18-11-15-10-9-14-7-5-6-8-16(14)17(15)20/h5-13,20H,1-4H3,(H,19,21)/b18-11+. The fourth-order valence-electron chi connectivity index (χ4n) is 2.17. The van der Waals surface area contributed by atoms with E-state index in [-0.39, 0.29) is 18.0 Å². The number of benzene rings is 2. The Bertz CT molecular complexity index is 760. The number of phenolic OH excluding ortho intramolecular Hbond substituents is 1. The van der Waals surface area contributed by atoms with E-state index in [1.807, 2.05) is 30.3 Å². The zero-order valence-electron chi connectivity index (χ0n) is 14.3. The van der Waals surface area contributed by atoms with Gasteiger partial charge in [-0.2, -0.15) is 5.10 Å². The zero-order chi connectivity index (χ0) is 17.7. The van der Waals surface area contributed by atoms with Crippen molar-refractivity contribution in [2.45, 2.75) is 39.9 Å². The summed E-state index contributed by atoms with van der Waals surface area (Å²) in [5.74, 6) is 0.114. The van der Waals surface area contributed by atoms with Crippen molar-refractivity contribution in [1.29, 1.82) is 0 Å². The van der Waals surface area contributed by atoms with E-state index in [0.717, 1.165) is 10.8 Å². The third kappa shape index (κ3) is 4.81. The largest absolute Gasteiger partial charge is 0.507 e. The molecule has 0 aliphatic heterocycles. The highest BCUT2D eigenvalue weighted by Crippen LogP contribution is 2.46. The van der Waals surface area contributed by atoms with Crippen LogP contribution in [-0.2, 0) is 13.6 Å². The summed E-state index contributed by atoms with van der Waals surface area (Å²) in [5.41, 5.74) is 0.502. The minimum Gasteiger partial charge on any atom is -0.507 e. The van der Waals surface area contributed by atoms with E-state index in [4.69, 9.17) is 9.05 Å². The zero-order valence-corrected chi connectivity index (χ0v) is 15.2. The van der Waals surface area contributed by atoms with Gasteiger partial charge in [-0.1, -0.05) is 30.3 Å². The molecular formula is C17H23N2O4P. The number of nitrogens with zero attached hydrogens (tertiary/aromatic N) is 1. The third-order valence-corrected chi connectivity index (χ3v) is 4.77. The molecule has 0 saturated heterocycles.